The molecule has 1 rings (SSSR count). The molecule has 0 aromatic heterocycles. The summed E-state index contributed by atoms with van der Waals surface area (Å²) in [5.41, 5.74) is 0. The van der Waals surface area contributed by atoms with Crippen molar-refractivity contribution in [3.8, 4) is 0 Å². The maximum absolute atomic E-state index is 6.52. The SMILES string of the molecule is C[N+]1(C(O[Si](C)(C)C)O[Si](C)(C)C)CCCC1CCC[Si]. The van der Waals surface area contributed by atoms with Crippen molar-refractivity contribution in [3.05, 3.63) is 0 Å². The molecule has 123 valence electrons. The largest absolute Gasteiger partial charge is 0.349 e. The van der Waals surface area contributed by atoms with Crippen LogP contribution >= 0.6 is 0 Å². The fraction of sp³-hybridized carbons (Fsp3) is 1.00. The van der Waals surface area contributed by atoms with Crippen molar-refractivity contribution < 1.29 is 13.3 Å². The number of hydrogen-bond donors (Lipinski definition) is 0. The smallest absolute Gasteiger partial charge is 0.290 e. The molecule has 2 atom stereocenters. The van der Waals surface area contributed by atoms with Gasteiger partial charge in [0.1, 0.15) is 0 Å². The highest BCUT2D eigenvalue weighted by molar-refractivity contribution is 6.70. The Morgan fingerprint density at radius 3 is 2.05 bits per heavy atom. The van der Waals surface area contributed by atoms with Gasteiger partial charge in [-0.1, -0.05) is 12.5 Å². The molecule has 21 heavy (non-hydrogen) atoms. The van der Waals surface area contributed by atoms with Crippen molar-refractivity contribution in [2.24, 2.45) is 0 Å². The van der Waals surface area contributed by atoms with Gasteiger partial charge in [0.15, 0.2) is 16.6 Å². The van der Waals surface area contributed by atoms with Crippen LogP contribution in [0.5, 0.6) is 0 Å². The van der Waals surface area contributed by atoms with Crippen molar-refractivity contribution >= 4 is 26.9 Å². The fourth-order valence-corrected chi connectivity index (χ4v) is 5.16. The Labute approximate surface area is 137 Å². The summed E-state index contributed by atoms with van der Waals surface area (Å²) in [6, 6.07) is 1.77. The van der Waals surface area contributed by atoms with Crippen LogP contribution in [0.3, 0.4) is 0 Å². The average Bonchev–Trinajstić information content (AvgIpc) is 2.65. The first-order valence-corrected chi connectivity index (χ1v) is 15.9. The van der Waals surface area contributed by atoms with Crippen LogP contribution in [-0.4, -0.2) is 57.4 Å². The molecule has 1 aliphatic rings. The Bertz CT molecular complexity index is 312. The van der Waals surface area contributed by atoms with E-state index in [9.17, 15) is 0 Å². The molecule has 3 radical (unpaired) electrons. The van der Waals surface area contributed by atoms with E-state index in [0.29, 0.717) is 6.04 Å². The van der Waals surface area contributed by atoms with Crippen molar-refractivity contribution in [1.29, 1.82) is 0 Å². The minimum Gasteiger partial charge on any atom is -0.349 e. The lowest BCUT2D eigenvalue weighted by atomic mass is 10.1. The lowest BCUT2D eigenvalue weighted by Crippen LogP contribution is -2.61. The van der Waals surface area contributed by atoms with E-state index in [1.54, 1.807) is 0 Å². The maximum atomic E-state index is 6.52. The van der Waals surface area contributed by atoms with E-state index in [-0.39, 0.29) is 6.41 Å². The minimum absolute atomic E-state index is 0.0643. The topological polar surface area (TPSA) is 18.5 Å². The summed E-state index contributed by atoms with van der Waals surface area (Å²) >= 11 is 0. The molecule has 6 heteroatoms. The quantitative estimate of drug-likeness (QED) is 0.377. The number of likely N-dealkylation sites (tertiary alicyclic amines) is 1. The highest BCUT2D eigenvalue weighted by Crippen LogP contribution is 2.34. The highest BCUT2D eigenvalue weighted by Gasteiger charge is 2.48. The van der Waals surface area contributed by atoms with Crippen LogP contribution < -0.4 is 0 Å². The predicted molar refractivity (Wildman–Crippen MR) is 96.5 cm³/mol. The van der Waals surface area contributed by atoms with E-state index in [1.807, 2.05) is 0 Å². The molecule has 0 N–H and O–H groups in total. The van der Waals surface area contributed by atoms with Gasteiger partial charge in [-0.25, -0.2) is 0 Å². The summed E-state index contributed by atoms with van der Waals surface area (Å²) < 4.78 is 14.0. The van der Waals surface area contributed by atoms with Crippen LogP contribution in [0.4, 0.5) is 0 Å². The zero-order valence-electron chi connectivity index (χ0n) is 15.2. The molecule has 2 unspecified atom stereocenters. The molecule has 0 aliphatic carbocycles. The molecular weight excluding hydrogens is 310 g/mol. The molecule has 1 saturated heterocycles. The Kier molecular flexibility index (Phi) is 6.90. The van der Waals surface area contributed by atoms with Crippen molar-refractivity contribution in [2.45, 2.75) is 83.5 Å². The van der Waals surface area contributed by atoms with Gasteiger partial charge < -0.3 is 8.85 Å². The first-order valence-electron chi connectivity index (χ1n) is 8.33. The first kappa shape index (κ1) is 19.6. The molecule has 0 aromatic carbocycles. The van der Waals surface area contributed by atoms with Gasteiger partial charge in [-0.2, -0.15) is 0 Å². The van der Waals surface area contributed by atoms with Crippen LogP contribution in [0.2, 0.25) is 45.3 Å². The van der Waals surface area contributed by atoms with Gasteiger partial charge in [0.2, 0.25) is 0 Å². The zero-order chi connectivity index (χ0) is 16.3. The minimum atomic E-state index is -1.62. The van der Waals surface area contributed by atoms with Gasteiger partial charge >= 0.3 is 0 Å². The van der Waals surface area contributed by atoms with Gasteiger partial charge in [0.25, 0.3) is 6.41 Å². The second-order valence-electron chi connectivity index (χ2n) is 8.53. The van der Waals surface area contributed by atoms with Gasteiger partial charge in [-0.3, -0.25) is 4.48 Å². The van der Waals surface area contributed by atoms with Crippen LogP contribution in [0, 0.1) is 0 Å². The number of quaternary nitrogens is 1. The van der Waals surface area contributed by atoms with Crippen molar-refractivity contribution in [2.75, 3.05) is 13.6 Å². The average molecular weight is 346 g/mol. The normalized spacial score (nSPS) is 27.6. The molecule has 1 fully saturated rings. The van der Waals surface area contributed by atoms with Crippen LogP contribution in [0.1, 0.15) is 25.7 Å². The second-order valence-corrected chi connectivity index (χ2v) is 17.9. The molecule has 1 aliphatic heterocycles. The van der Waals surface area contributed by atoms with Crippen molar-refractivity contribution in [1.82, 2.24) is 0 Å². The number of nitrogens with zero attached hydrogens (tertiary/aromatic N) is 1. The van der Waals surface area contributed by atoms with Crippen LogP contribution in [0.25, 0.3) is 0 Å². The number of hydrogen-bond acceptors (Lipinski definition) is 2. The van der Waals surface area contributed by atoms with Gasteiger partial charge in [-0.15, -0.1) is 0 Å². The van der Waals surface area contributed by atoms with Gasteiger partial charge in [-0.05, 0) is 45.7 Å². The van der Waals surface area contributed by atoms with Crippen LogP contribution in [0.15, 0.2) is 0 Å². The Hall–Kier alpha value is 0.531. The molecule has 1 heterocycles. The van der Waals surface area contributed by atoms with E-state index in [0.717, 1.165) is 10.5 Å². The third kappa shape index (κ3) is 6.27. The van der Waals surface area contributed by atoms with Crippen LogP contribution in [-0.2, 0) is 8.85 Å². The predicted octanol–water partition coefficient (Wildman–Crippen LogP) is 3.95. The van der Waals surface area contributed by atoms with Crippen molar-refractivity contribution in [3.63, 3.8) is 0 Å². The molecule has 0 aromatic rings. The Balaban J connectivity index is 2.93. The Morgan fingerprint density at radius 1 is 1.10 bits per heavy atom. The molecule has 3 nitrogen and oxygen atoms in total. The zero-order valence-corrected chi connectivity index (χ0v) is 18.2. The second kappa shape index (κ2) is 7.40. The van der Waals surface area contributed by atoms with E-state index in [2.05, 4.69) is 56.6 Å². The summed E-state index contributed by atoms with van der Waals surface area (Å²) in [5.74, 6) is 0. The first-order chi connectivity index (χ1) is 9.48. The maximum Gasteiger partial charge on any atom is 0.290 e. The summed E-state index contributed by atoms with van der Waals surface area (Å²) in [7, 11) is 2.73. The van der Waals surface area contributed by atoms with E-state index in [1.165, 1.54) is 32.2 Å². The molecule has 0 saturated carbocycles. The van der Waals surface area contributed by atoms with Gasteiger partial charge in [0.05, 0.1) is 19.6 Å². The number of rotatable bonds is 8. The van der Waals surface area contributed by atoms with E-state index >= 15 is 0 Å². The summed E-state index contributed by atoms with van der Waals surface area (Å²) in [5, 5.41) is 0. The lowest BCUT2D eigenvalue weighted by Gasteiger charge is -2.45. The Morgan fingerprint density at radius 2 is 1.62 bits per heavy atom. The molecular formula is C15H35NO2Si3+. The summed E-state index contributed by atoms with van der Waals surface area (Å²) in [6.45, 7) is 14.8. The van der Waals surface area contributed by atoms with E-state index in [4.69, 9.17) is 8.85 Å². The third-order valence-electron chi connectivity index (χ3n) is 4.12. The standard InChI is InChI=1S/C15H35NO2Si3/c1-16(12-8-10-14(16)11-9-13-19)15(17-20(2,3)4)18-21(5,6)7/h14-15H,8-13H2,1-7H3/q+1. The van der Waals surface area contributed by atoms with Gasteiger partial charge in [0, 0.05) is 23.1 Å². The molecule has 0 amide bonds. The highest BCUT2D eigenvalue weighted by atomic mass is 28.4. The molecule has 0 spiro atoms. The van der Waals surface area contributed by atoms with E-state index < -0.39 is 16.6 Å². The summed E-state index contributed by atoms with van der Waals surface area (Å²) in [6.07, 6.45) is 5.04. The molecule has 0 bridgehead atoms. The summed E-state index contributed by atoms with van der Waals surface area (Å²) in [4.78, 5) is 0. The fourth-order valence-electron chi connectivity index (χ4n) is 3.07. The monoisotopic (exact) mass is 345 g/mol. The lowest BCUT2D eigenvalue weighted by molar-refractivity contribution is -0.982. The third-order valence-corrected chi connectivity index (χ3v) is 6.29.